The number of ketones is 1. The van der Waals surface area contributed by atoms with E-state index in [0.29, 0.717) is 16.7 Å². The Hall–Kier alpha value is -3.86. The third-order valence-electron chi connectivity index (χ3n) is 5.07. The lowest BCUT2D eigenvalue weighted by molar-refractivity contribution is 0.102. The Morgan fingerprint density at radius 3 is 2.47 bits per heavy atom. The lowest BCUT2D eigenvalue weighted by atomic mass is 10.2. The molecule has 32 heavy (non-hydrogen) atoms. The molecule has 0 aliphatic carbocycles. The fourth-order valence-electron chi connectivity index (χ4n) is 3.29. The molecule has 0 saturated heterocycles. The number of nitrogen functional groups attached to an aromatic ring is 1. The van der Waals surface area contributed by atoms with Gasteiger partial charge in [-0.15, -0.1) is 10.2 Å². The summed E-state index contributed by atoms with van der Waals surface area (Å²) in [5.41, 5.74) is 5.94. The number of para-hydroxylation sites is 1. The molecule has 2 N–H and O–H groups in total. The minimum absolute atomic E-state index is 0.118. The monoisotopic (exact) mass is 452 g/mol. The molecule has 11 heteroatoms. The minimum atomic E-state index is -0.726. The molecule has 0 saturated carbocycles. The highest BCUT2D eigenvalue weighted by atomic mass is 32.2. The molecular formula is C21H20N6O4S. The number of nitrogens with zero attached hydrogens (tertiary/aromatic N) is 5. The molecule has 10 nitrogen and oxygen atoms in total. The van der Waals surface area contributed by atoms with Gasteiger partial charge in [-0.05, 0) is 25.1 Å². The normalized spacial score (nSPS) is 11.1. The summed E-state index contributed by atoms with van der Waals surface area (Å²) in [6, 6.07) is 11.3. The van der Waals surface area contributed by atoms with Gasteiger partial charge in [-0.2, -0.15) is 0 Å². The van der Waals surface area contributed by atoms with E-state index in [1.165, 1.54) is 14.1 Å². The first-order chi connectivity index (χ1) is 15.3. The summed E-state index contributed by atoms with van der Waals surface area (Å²) in [5, 5.41) is 9.03. The number of benzene rings is 1. The fraction of sp³-hybridized carbons (Fsp3) is 0.190. The second-order valence-electron chi connectivity index (χ2n) is 7.05. The molecule has 0 radical (unpaired) electrons. The number of rotatable bonds is 6. The number of aryl methyl sites for hydroxylation is 1. The molecule has 0 fully saturated rings. The van der Waals surface area contributed by atoms with Crippen LogP contribution in [0, 0.1) is 6.92 Å². The van der Waals surface area contributed by atoms with Gasteiger partial charge in [-0.1, -0.05) is 30.0 Å². The summed E-state index contributed by atoms with van der Waals surface area (Å²) in [7, 11) is 2.71. The standard InChI is InChI=1S/C21H20N6O4S/c1-12-14(9-10-31-12)18-23-24-20(27(18)13-7-5-4-6-8-13)32-11-15(28)16-17(22)25(2)21(30)26(3)19(16)29/h4-10H,11,22H2,1-3H3. The Balaban J connectivity index is 1.72. The smallest absolute Gasteiger partial charge is 0.332 e. The highest BCUT2D eigenvalue weighted by molar-refractivity contribution is 7.99. The molecule has 164 valence electrons. The van der Waals surface area contributed by atoms with Gasteiger partial charge < -0.3 is 10.2 Å². The Bertz CT molecular complexity index is 1430. The molecule has 0 amide bonds. The molecule has 3 heterocycles. The topological polar surface area (TPSA) is 131 Å². The van der Waals surface area contributed by atoms with Gasteiger partial charge in [0.1, 0.15) is 17.1 Å². The van der Waals surface area contributed by atoms with E-state index in [-0.39, 0.29) is 17.1 Å². The number of Topliss-reactive ketones (excluding diaryl/α,β-unsaturated/α-hetero) is 1. The number of anilines is 1. The van der Waals surface area contributed by atoms with Crippen LogP contribution in [0.5, 0.6) is 0 Å². The van der Waals surface area contributed by atoms with Crippen LogP contribution in [0.2, 0.25) is 0 Å². The second kappa shape index (κ2) is 8.35. The Morgan fingerprint density at radius 2 is 1.81 bits per heavy atom. The number of hydrogen-bond donors (Lipinski definition) is 1. The van der Waals surface area contributed by atoms with Crippen molar-refractivity contribution >= 4 is 23.4 Å². The first kappa shape index (κ1) is 21.4. The number of carbonyl (C=O) groups excluding carboxylic acids is 1. The summed E-state index contributed by atoms with van der Waals surface area (Å²) in [4.78, 5) is 37.4. The van der Waals surface area contributed by atoms with Crippen molar-refractivity contribution in [2.45, 2.75) is 12.1 Å². The van der Waals surface area contributed by atoms with E-state index in [4.69, 9.17) is 10.2 Å². The van der Waals surface area contributed by atoms with Crippen LogP contribution in [0.3, 0.4) is 0 Å². The van der Waals surface area contributed by atoms with Crippen LogP contribution < -0.4 is 17.0 Å². The first-order valence-corrected chi connectivity index (χ1v) is 10.6. The molecule has 3 aromatic heterocycles. The SMILES string of the molecule is Cc1occc1-c1nnc(SCC(=O)c2c(N)n(C)c(=O)n(C)c2=O)n1-c1ccccc1. The number of hydrogen-bond acceptors (Lipinski definition) is 8. The molecule has 4 rings (SSSR count). The van der Waals surface area contributed by atoms with E-state index in [1.54, 1.807) is 12.3 Å². The average molecular weight is 452 g/mol. The maximum Gasteiger partial charge on any atom is 0.332 e. The van der Waals surface area contributed by atoms with Gasteiger partial charge in [0, 0.05) is 19.8 Å². The quantitative estimate of drug-likeness (QED) is 0.346. The largest absolute Gasteiger partial charge is 0.469 e. The van der Waals surface area contributed by atoms with E-state index in [0.717, 1.165) is 32.1 Å². The van der Waals surface area contributed by atoms with Gasteiger partial charge in [-0.3, -0.25) is 23.3 Å². The Kier molecular flexibility index (Phi) is 5.57. The van der Waals surface area contributed by atoms with Gasteiger partial charge in [0.25, 0.3) is 5.56 Å². The summed E-state index contributed by atoms with van der Waals surface area (Å²) < 4.78 is 9.17. The number of carbonyl (C=O) groups is 1. The third kappa shape index (κ3) is 3.56. The highest BCUT2D eigenvalue weighted by Gasteiger charge is 2.23. The van der Waals surface area contributed by atoms with Crippen LogP contribution >= 0.6 is 11.8 Å². The first-order valence-electron chi connectivity index (χ1n) is 9.58. The number of furan rings is 1. The molecule has 0 aliphatic heterocycles. The summed E-state index contributed by atoms with van der Waals surface area (Å²) in [6.07, 6.45) is 1.57. The number of nitrogens with two attached hydrogens (primary N) is 1. The van der Waals surface area contributed by atoms with Crippen molar-refractivity contribution in [3.8, 4) is 17.1 Å². The van der Waals surface area contributed by atoms with Gasteiger partial charge >= 0.3 is 5.69 Å². The van der Waals surface area contributed by atoms with E-state index >= 15 is 0 Å². The summed E-state index contributed by atoms with van der Waals surface area (Å²) in [5.74, 6) is 0.460. The maximum atomic E-state index is 12.9. The van der Waals surface area contributed by atoms with Crippen molar-refractivity contribution in [2.24, 2.45) is 14.1 Å². The molecular weight excluding hydrogens is 432 g/mol. The molecule has 4 aromatic rings. The zero-order valence-corrected chi connectivity index (χ0v) is 18.4. The number of aromatic nitrogens is 5. The van der Waals surface area contributed by atoms with Crippen molar-refractivity contribution in [1.82, 2.24) is 23.9 Å². The van der Waals surface area contributed by atoms with Crippen LogP contribution in [-0.4, -0.2) is 35.4 Å². The molecule has 0 bridgehead atoms. The van der Waals surface area contributed by atoms with Crippen LogP contribution in [0.4, 0.5) is 5.82 Å². The molecule has 0 atom stereocenters. The highest BCUT2D eigenvalue weighted by Crippen LogP contribution is 2.30. The van der Waals surface area contributed by atoms with Crippen LogP contribution in [0.25, 0.3) is 17.1 Å². The predicted molar refractivity (Wildman–Crippen MR) is 120 cm³/mol. The fourth-order valence-corrected chi connectivity index (χ4v) is 4.11. The van der Waals surface area contributed by atoms with Gasteiger partial charge in [0.05, 0.1) is 17.6 Å². The lowest BCUT2D eigenvalue weighted by Crippen LogP contribution is -2.41. The second-order valence-corrected chi connectivity index (χ2v) is 7.99. The van der Waals surface area contributed by atoms with E-state index < -0.39 is 17.0 Å². The molecule has 0 spiro atoms. The van der Waals surface area contributed by atoms with Crippen LogP contribution in [0.15, 0.2) is 61.8 Å². The van der Waals surface area contributed by atoms with E-state index in [9.17, 15) is 14.4 Å². The summed E-state index contributed by atoms with van der Waals surface area (Å²) >= 11 is 1.12. The van der Waals surface area contributed by atoms with E-state index in [1.807, 2.05) is 41.8 Å². The summed E-state index contributed by atoms with van der Waals surface area (Å²) in [6.45, 7) is 1.83. The van der Waals surface area contributed by atoms with Crippen LogP contribution in [0.1, 0.15) is 16.1 Å². The predicted octanol–water partition coefficient (Wildman–Crippen LogP) is 1.79. The lowest BCUT2D eigenvalue weighted by Gasteiger charge is -2.11. The molecule has 1 aromatic carbocycles. The zero-order chi connectivity index (χ0) is 23.0. The Morgan fingerprint density at radius 1 is 1.09 bits per heavy atom. The average Bonchev–Trinajstić information content (AvgIpc) is 3.41. The van der Waals surface area contributed by atoms with Crippen molar-refractivity contribution in [3.63, 3.8) is 0 Å². The van der Waals surface area contributed by atoms with Crippen molar-refractivity contribution in [1.29, 1.82) is 0 Å². The molecule has 0 unspecified atom stereocenters. The van der Waals surface area contributed by atoms with E-state index in [2.05, 4.69) is 10.2 Å². The Labute approximate surface area is 186 Å². The zero-order valence-electron chi connectivity index (χ0n) is 17.6. The van der Waals surface area contributed by atoms with Gasteiger partial charge in [0.2, 0.25) is 0 Å². The van der Waals surface area contributed by atoms with Crippen molar-refractivity contribution < 1.29 is 9.21 Å². The van der Waals surface area contributed by atoms with Crippen LogP contribution in [-0.2, 0) is 14.1 Å². The maximum absolute atomic E-state index is 12.9. The van der Waals surface area contributed by atoms with Crippen molar-refractivity contribution in [2.75, 3.05) is 11.5 Å². The number of thioether (sulfide) groups is 1. The molecule has 0 aliphatic rings. The minimum Gasteiger partial charge on any atom is -0.469 e. The van der Waals surface area contributed by atoms with Crippen molar-refractivity contribution in [3.05, 3.63) is 74.8 Å². The third-order valence-corrected chi connectivity index (χ3v) is 6.00. The van der Waals surface area contributed by atoms with Gasteiger partial charge in [-0.25, -0.2) is 4.79 Å². The van der Waals surface area contributed by atoms with Gasteiger partial charge in [0.15, 0.2) is 16.8 Å².